The van der Waals surface area contributed by atoms with Crippen LogP contribution in [0.4, 0.5) is 13.2 Å². The summed E-state index contributed by atoms with van der Waals surface area (Å²) in [6, 6.07) is 3.02. The van der Waals surface area contributed by atoms with Gasteiger partial charge in [0.05, 0.1) is 13.7 Å². The number of aromatic nitrogens is 4. The first-order valence-corrected chi connectivity index (χ1v) is 6.74. The molecule has 1 amide bonds. The molecule has 0 radical (unpaired) electrons. The summed E-state index contributed by atoms with van der Waals surface area (Å²) in [5.74, 6) is -1.71. The van der Waals surface area contributed by atoms with Crippen LogP contribution in [-0.2, 0) is 19.8 Å². The molecular weight excluding hydrogens is 331 g/mol. The fraction of sp³-hybridized carbons (Fsp3) is 0.385. The highest BCUT2D eigenvalue weighted by molar-refractivity contribution is 5.96. The lowest BCUT2D eigenvalue weighted by molar-refractivity contribution is -0.147. The predicted molar refractivity (Wildman–Crippen MR) is 75.6 cm³/mol. The predicted octanol–water partition coefficient (Wildman–Crippen LogP) is 0.434. The number of amides is 1. The Labute approximate surface area is 133 Å². The van der Waals surface area contributed by atoms with Gasteiger partial charge in [0.25, 0.3) is 5.91 Å². The summed E-state index contributed by atoms with van der Waals surface area (Å²) in [5.41, 5.74) is -0.750. The summed E-state index contributed by atoms with van der Waals surface area (Å²) in [7, 11) is 2.33. The largest absolute Gasteiger partial charge is 0.480 e. The van der Waals surface area contributed by atoms with E-state index in [1.54, 1.807) is 0 Å². The van der Waals surface area contributed by atoms with Gasteiger partial charge in [0.1, 0.15) is 5.56 Å². The van der Waals surface area contributed by atoms with Crippen LogP contribution in [-0.4, -0.2) is 38.9 Å². The van der Waals surface area contributed by atoms with E-state index in [-0.39, 0.29) is 24.5 Å². The third-order valence-electron chi connectivity index (χ3n) is 3.11. The zero-order valence-corrected chi connectivity index (χ0v) is 12.8. The van der Waals surface area contributed by atoms with E-state index in [9.17, 15) is 22.8 Å². The zero-order chi connectivity index (χ0) is 17.9. The van der Waals surface area contributed by atoms with Crippen molar-refractivity contribution in [2.24, 2.45) is 7.05 Å². The highest BCUT2D eigenvalue weighted by Gasteiger charge is 2.37. The molecule has 0 aromatic carbocycles. The number of ether oxygens (including phenoxy) is 1. The standard InChI is InChI=1S/C13H14F3N5O3/c1-20-11(13(14,15)16)19-21(12(20)23)7-6-17-9(22)8-4-3-5-18-10(8)24-2/h3-5H,6-7H2,1-2H3,(H,17,22). The minimum absolute atomic E-state index is 0.0922. The van der Waals surface area contributed by atoms with Gasteiger partial charge in [-0.2, -0.15) is 13.2 Å². The van der Waals surface area contributed by atoms with Crippen molar-refractivity contribution in [3.8, 4) is 5.88 Å². The lowest BCUT2D eigenvalue weighted by Gasteiger charge is -2.07. The first-order valence-electron chi connectivity index (χ1n) is 6.74. The second-order valence-electron chi connectivity index (χ2n) is 4.70. The maximum atomic E-state index is 12.7. The molecule has 0 aliphatic rings. The smallest absolute Gasteiger partial charge is 0.451 e. The Morgan fingerprint density at radius 1 is 1.42 bits per heavy atom. The SMILES string of the molecule is COc1ncccc1C(=O)NCCn1nc(C(F)(F)F)n(C)c1=O. The molecule has 2 aromatic rings. The van der Waals surface area contributed by atoms with Crippen LogP contribution < -0.4 is 15.7 Å². The van der Waals surface area contributed by atoms with Crippen LogP contribution in [0.15, 0.2) is 23.1 Å². The molecule has 130 valence electrons. The van der Waals surface area contributed by atoms with Crippen molar-refractivity contribution in [1.82, 2.24) is 24.6 Å². The highest BCUT2D eigenvalue weighted by Crippen LogP contribution is 2.25. The third-order valence-corrected chi connectivity index (χ3v) is 3.11. The van der Waals surface area contributed by atoms with E-state index in [1.807, 2.05) is 0 Å². The molecule has 8 nitrogen and oxygen atoms in total. The maximum absolute atomic E-state index is 12.7. The Morgan fingerprint density at radius 3 is 2.71 bits per heavy atom. The van der Waals surface area contributed by atoms with Gasteiger partial charge in [0.15, 0.2) is 0 Å². The minimum Gasteiger partial charge on any atom is -0.480 e. The van der Waals surface area contributed by atoms with Gasteiger partial charge in [-0.1, -0.05) is 0 Å². The van der Waals surface area contributed by atoms with Gasteiger partial charge in [-0.15, -0.1) is 5.10 Å². The fourth-order valence-electron chi connectivity index (χ4n) is 1.98. The number of hydrogen-bond donors (Lipinski definition) is 1. The number of hydrogen-bond acceptors (Lipinski definition) is 5. The zero-order valence-electron chi connectivity index (χ0n) is 12.8. The van der Waals surface area contributed by atoms with Crippen LogP contribution in [0.1, 0.15) is 16.2 Å². The number of carbonyl (C=O) groups is 1. The Bertz CT molecular complexity index is 797. The molecule has 0 spiro atoms. The molecule has 0 aliphatic heterocycles. The number of halogens is 3. The third kappa shape index (κ3) is 3.55. The van der Waals surface area contributed by atoms with Crippen molar-refractivity contribution in [1.29, 1.82) is 0 Å². The summed E-state index contributed by atoms with van der Waals surface area (Å²) < 4.78 is 44.0. The van der Waals surface area contributed by atoms with Crippen LogP contribution in [0.5, 0.6) is 5.88 Å². The number of carbonyl (C=O) groups excluding carboxylic acids is 1. The molecule has 11 heteroatoms. The number of rotatable bonds is 5. The van der Waals surface area contributed by atoms with Gasteiger partial charge >= 0.3 is 11.9 Å². The monoisotopic (exact) mass is 345 g/mol. The first kappa shape index (κ1) is 17.5. The van der Waals surface area contributed by atoms with E-state index in [2.05, 4.69) is 15.4 Å². The van der Waals surface area contributed by atoms with Crippen molar-refractivity contribution in [3.63, 3.8) is 0 Å². The molecule has 0 saturated carbocycles. The maximum Gasteiger partial charge on any atom is 0.451 e. The van der Waals surface area contributed by atoms with Gasteiger partial charge in [0.2, 0.25) is 11.7 Å². The molecule has 0 fully saturated rings. The summed E-state index contributed by atoms with van der Waals surface area (Å²) >= 11 is 0. The van der Waals surface area contributed by atoms with Crippen molar-refractivity contribution < 1.29 is 22.7 Å². The van der Waals surface area contributed by atoms with Gasteiger partial charge in [-0.25, -0.2) is 14.5 Å². The highest BCUT2D eigenvalue weighted by atomic mass is 19.4. The minimum atomic E-state index is -4.73. The molecule has 0 saturated heterocycles. The normalized spacial score (nSPS) is 11.4. The van der Waals surface area contributed by atoms with Crippen molar-refractivity contribution in [3.05, 3.63) is 40.2 Å². The van der Waals surface area contributed by atoms with E-state index < -0.39 is 23.6 Å². The fourth-order valence-corrected chi connectivity index (χ4v) is 1.98. The molecule has 2 heterocycles. The second-order valence-corrected chi connectivity index (χ2v) is 4.70. The molecule has 2 aromatic heterocycles. The molecule has 1 N–H and O–H groups in total. The molecular formula is C13H14F3N5O3. The van der Waals surface area contributed by atoms with Crippen LogP contribution in [0.2, 0.25) is 0 Å². The van der Waals surface area contributed by atoms with E-state index in [4.69, 9.17) is 4.74 Å². The van der Waals surface area contributed by atoms with Crippen LogP contribution >= 0.6 is 0 Å². The van der Waals surface area contributed by atoms with Crippen LogP contribution in [0.25, 0.3) is 0 Å². The van der Waals surface area contributed by atoms with E-state index in [0.29, 0.717) is 9.25 Å². The topological polar surface area (TPSA) is 91.0 Å². The van der Waals surface area contributed by atoms with Crippen LogP contribution in [0.3, 0.4) is 0 Å². The Balaban J connectivity index is 2.05. The Morgan fingerprint density at radius 2 is 2.12 bits per heavy atom. The second kappa shape index (κ2) is 6.72. The van der Waals surface area contributed by atoms with Gasteiger partial charge in [-0.05, 0) is 12.1 Å². The Hall–Kier alpha value is -2.85. The molecule has 24 heavy (non-hydrogen) atoms. The lowest BCUT2D eigenvalue weighted by Crippen LogP contribution is -2.32. The van der Waals surface area contributed by atoms with Crippen molar-refractivity contribution in [2.45, 2.75) is 12.7 Å². The van der Waals surface area contributed by atoms with Gasteiger partial charge in [-0.3, -0.25) is 9.36 Å². The van der Waals surface area contributed by atoms with E-state index in [0.717, 1.165) is 7.05 Å². The average molecular weight is 345 g/mol. The summed E-state index contributed by atoms with van der Waals surface area (Å²) in [6.07, 6.45) is -3.28. The number of nitrogens with zero attached hydrogens (tertiary/aromatic N) is 4. The summed E-state index contributed by atoms with van der Waals surface area (Å²) in [5, 5.41) is 5.71. The molecule has 0 atom stereocenters. The van der Waals surface area contributed by atoms with Gasteiger partial charge < -0.3 is 10.1 Å². The quantitative estimate of drug-likeness (QED) is 0.849. The number of pyridine rings is 1. The number of methoxy groups -OCH3 is 1. The van der Waals surface area contributed by atoms with Gasteiger partial charge in [0, 0.05) is 19.8 Å². The molecule has 2 rings (SSSR count). The van der Waals surface area contributed by atoms with E-state index in [1.165, 1.54) is 25.4 Å². The van der Waals surface area contributed by atoms with E-state index >= 15 is 0 Å². The molecule has 0 aliphatic carbocycles. The lowest BCUT2D eigenvalue weighted by atomic mass is 10.2. The summed E-state index contributed by atoms with van der Waals surface area (Å²) in [4.78, 5) is 27.6. The molecule has 0 unspecified atom stereocenters. The number of nitrogens with one attached hydrogen (secondary N) is 1. The first-order chi connectivity index (χ1) is 11.3. The van der Waals surface area contributed by atoms with Crippen molar-refractivity contribution >= 4 is 5.91 Å². The molecule has 0 bridgehead atoms. The average Bonchev–Trinajstić information content (AvgIpc) is 2.83. The van der Waals surface area contributed by atoms with Crippen LogP contribution in [0, 0.1) is 0 Å². The Kier molecular flexibility index (Phi) is 4.90. The number of alkyl halides is 3. The van der Waals surface area contributed by atoms with Crippen molar-refractivity contribution in [2.75, 3.05) is 13.7 Å². The summed E-state index contributed by atoms with van der Waals surface area (Å²) in [6.45, 7) is -0.303.